The topological polar surface area (TPSA) is 72.3 Å². The van der Waals surface area contributed by atoms with Crippen molar-refractivity contribution in [3.8, 4) is 0 Å². The van der Waals surface area contributed by atoms with Crippen LogP contribution in [0.1, 0.15) is 37.8 Å². The summed E-state index contributed by atoms with van der Waals surface area (Å²) < 4.78 is 7.89. The van der Waals surface area contributed by atoms with Crippen LogP contribution in [0.25, 0.3) is 0 Å². The lowest BCUT2D eigenvalue weighted by atomic mass is 9.84. The van der Waals surface area contributed by atoms with E-state index in [9.17, 15) is 4.79 Å². The minimum absolute atomic E-state index is 0.133. The first kappa shape index (κ1) is 15.1. The number of piperazine rings is 1. The number of carbonyl (C=O) groups excluding carboxylic acids is 1. The van der Waals surface area contributed by atoms with Gasteiger partial charge < -0.3 is 15.0 Å². The van der Waals surface area contributed by atoms with Crippen molar-refractivity contribution in [3.63, 3.8) is 0 Å². The van der Waals surface area contributed by atoms with Gasteiger partial charge in [0, 0.05) is 13.1 Å². The normalized spacial score (nSPS) is 27.2. The number of amides is 1. The summed E-state index contributed by atoms with van der Waals surface area (Å²) in [5.74, 6) is 0.133. The van der Waals surface area contributed by atoms with Crippen LogP contribution in [0.3, 0.4) is 0 Å². The first-order chi connectivity index (χ1) is 11.2. The Balaban J connectivity index is 1.32. The molecule has 4 rings (SSSR count). The van der Waals surface area contributed by atoms with Gasteiger partial charge in [0.2, 0.25) is 5.91 Å². The Hall–Kier alpha value is -1.47. The van der Waals surface area contributed by atoms with E-state index in [2.05, 4.69) is 15.6 Å². The molecule has 2 saturated heterocycles. The summed E-state index contributed by atoms with van der Waals surface area (Å²) in [6.45, 7) is 4.23. The molecule has 1 aromatic rings. The van der Waals surface area contributed by atoms with Crippen molar-refractivity contribution in [3.05, 3.63) is 11.9 Å². The predicted octanol–water partition coefficient (Wildman–Crippen LogP) is 0.559. The maximum atomic E-state index is 11.8. The SMILES string of the molecule is O=C1CNCCN1Cc1cn(CC2CC3(CCCC3)CO2)nn1. The van der Waals surface area contributed by atoms with Gasteiger partial charge >= 0.3 is 0 Å². The smallest absolute Gasteiger partial charge is 0.236 e. The van der Waals surface area contributed by atoms with Gasteiger partial charge in [0.15, 0.2) is 0 Å². The molecule has 7 heteroatoms. The van der Waals surface area contributed by atoms with Crippen LogP contribution in [-0.2, 0) is 22.6 Å². The molecule has 1 N–H and O–H groups in total. The molecule has 1 saturated carbocycles. The van der Waals surface area contributed by atoms with Gasteiger partial charge in [-0.25, -0.2) is 4.68 Å². The highest BCUT2D eigenvalue weighted by Gasteiger charge is 2.42. The average molecular weight is 319 g/mol. The summed E-state index contributed by atoms with van der Waals surface area (Å²) in [6, 6.07) is 0. The van der Waals surface area contributed by atoms with Gasteiger partial charge in [0.25, 0.3) is 0 Å². The second kappa shape index (κ2) is 6.20. The second-order valence-electron chi connectivity index (χ2n) is 7.27. The third kappa shape index (κ3) is 3.26. The third-order valence-electron chi connectivity index (χ3n) is 5.47. The standard InChI is InChI=1S/C16H25N5O2/c22-15-8-17-5-6-20(15)9-13-10-21(19-18-13)11-14-7-16(12-23-14)3-1-2-4-16/h10,14,17H,1-9,11-12H2. The lowest BCUT2D eigenvalue weighted by molar-refractivity contribution is -0.132. The van der Waals surface area contributed by atoms with Gasteiger partial charge in [0.05, 0.1) is 38.5 Å². The molecule has 126 valence electrons. The first-order valence-electron chi connectivity index (χ1n) is 8.72. The number of ether oxygens (including phenoxy) is 1. The maximum Gasteiger partial charge on any atom is 0.236 e. The zero-order chi connectivity index (χ0) is 15.7. The van der Waals surface area contributed by atoms with E-state index < -0.39 is 0 Å². The van der Waals surface area contributed by atoms with Crippen LogP contribution in [-0.4, -0.2) is 58.1 Å². The van der Waals surface area contributed by atoms with E-state index >= 15 is 0 Å². The van der Waals surface area contributed by atoms with Crippen LogP contribution >= 0.6 is 0 Å². The van der Waals surface area contributed by atoms with Gasteiger partial charge in [-0.05, 0) is 24.7 Å². The number of nitrogens with one attached hydrogen (secondary N) is 1. The Morgan fingerprint density at radius 3 is 3.09 bits per heavy atom. The average Bonchev–Trinajstić information content (AvgIpc) is 3.27. The minimum Gasteiger partial charge on any atom is -0.376 e. The molecule has 3 fully saturated rings. The molecule has 1 aliphatic carbocycles. The molecule has 0 aromatic carbocycles. The van der Waals surface area contributed by atoms with Crippen molar-refractivity contribution in [2.24, 2.45) is 5.41 Å². The fourth-order valence-electron chi connectivity index (χ4n) is 4.20. The van der Waals surface area contributed by atoms with E-state index in [0.29, 0.717) is 18.5 Å². The molecular formula is C16H25N5O2. The van der Waals surface area contributed by atoms with E-state index in [1.807, 2.05) is 15.8 Å². The van der Waals surface area contributed by atoms with Crippen molar-refractivity contribution in [2.45, 2.75) is 51.3 Å². The van der Waals surface area contributed by atoms with E-state index in [1.54, 1.807) is 0 Å². The van der Waals surface area contributed by atoms with Crippen LogP contribution in [0.5, 0.6) is 0 Å². The van der Waals surface area contributed by atoms with Crippen molar-refractivity contribution in [1.29, 1.82) is 0 Å². The van der Waals surface area contributed by atoms with E-state index in [-0.39, 0.29) is 12.0 Å². The number of aromatic nitrogens is 3. The third-order valence-corrected chi connectivity index (χ3v) is 5.47. The van der Waals surface area contributed by atoms with Crippen LogP contribution in [0.15, 0.2) is 6.20 Å². The van der Waals surface area contributed by atoms with Crippen LogP contribution in [0.2, 0.25) is 0 Å². The van der Waals surface area contributed by atoms with Gasteiger partial charge in [-0.15, -0.1) is 5.10 Å². The highest BCUT2D eigenvalue weighted by molar-refractivity contribution is 5.78. The summed E-state index contributed by atoms with van der Waals surface area (Å²) in [7, 11) is 0. The zero-order valence-corrected chi connectivity index (χ0v) is 13.5. The van der Waals surface area contributed by atoms with Gasteiger partial charge in [-0.2, -0.15) is 0 Å². The summed E-state index contributed by atoms with van der Waals surface area (Å²) in [5.41, 5.74) is 1.30. The van der Waals surface area contributed by atoms with E-state index in [4.69, 9.17) is 4.74 Å². The first-order valence-corrected chi connectivity index (χ1v) is 8.72. The van der Waals surface area contributed by atoms with Gasteiger partial charge in [-0.1, -0.05) is 18.1 Å². The van der Waals surface area contributed by atoms with Crippen LogP contribution in [0.4, 0.5) is 0 Å². The summed E-state index contributed by atoms with van der Waals surface area (Å²) in [4.78, 5) is 13.7. The van der Waals surface area contributed by atoms with E-state index in [0.717, 1.165) is 38.4 Å². The van der Waals surface area contributed by atoms with Crippen molar-refractivity contribution in [1.82, 2.24) is 25.2 Å². The Bertz CT molecular complexity index is 567. The fourth-order valence-corrected chi connectivity index (χ4v) is 4.20. The molecule has 1 atom stereocenters. The molecule has 1 unspecified atom stereocenters. The summed E-state index contributed by atoms with van der Waals surface area (Å²) in [5, 5.41) is 11.5. The predicted molar refractivity (Wildman–Crippen MR) is 83.6 cm³/mol. The quantitative estimate of drug-likeness (QED) is 0.878. The molecule has 3 aliphatic rings. The van der Waals surface area contributed by atoms with E-state index in [1.165, 1.54) is 25.7 Å². The molecule has 0 bridgehead atoms. The van der Waals surface area contributed by atoms with Crippen molar-refractivity contribution >= 4 is 5.91 Å². The Labute approximate surface area is 136 Å². The summed E-state index contributed by atoms with van der Waals surface area (Å²) >= 11 is 0. The molecule has 0 radical (unpaired) electrons. The van der Waals surface area contributed by atoms with Crippen LogP contribution in [0, 0.1) is 5.41 Å². The Morgan fingerprint density at radius 2 is 2.26 bits per heavy atom. The fraction of sp³-hybridized carbons (Fsp3) is 0.812. The number of hydrogen-bond acceptors (Lipinski definition) is 5. The lowest BCUT2D eigenvalue weighted by Crippen LogP contribution is -2.47. The van der Waals surface area contributed by atoms with Crippen LogP contribution < -0.4 is 5.32 Å². The van der Waals surface area contributed by atoms with Gasteiger partial charge in [0.1, 0.15) is 5.69 Å². The van der Waals surface area contributed by atoms with Gasteiger partial charge in [-0.3, -0.25) is 4.79 Å². The largest absolute Gasteiger partial charge is 0.376 e. The number of hydrogen-bond donors (Lipinski definition) is 1. The molecule has 1 amide bonds. The number of rotatable bonds is 4. The summed E-state index contributed by atoms with van der Waals surface area (Å²) in [6.07, 6.45) is 8.69. The molecule has 1 aromatic heterocycles. The van der Waals surface area contributed by atoms with Crippen molar-refractivity contribution < 1.29 is 9.53 Å². The van der Waals surface area contributed by atoms with Crippen molar-refractivity contribution in [2.75, 3.05) is 26.2 Å². The molecule has 1 spiro atoms. The molecule has 7 nitrogen and oxygen atoms in total. The lowest BCUT2D eigenvalue weighted by Gasteiger charge is -2.26. The Kier molecular flexibility index (Phi) is 4.07. The molecule has 3 heterocycles. The number of nitrogens with zero attached hydrogens (tertiary/aromatic N) is 4. The second-order valence-corrected chi connectivity index (χ2v) is 7.27. The monoisotopic (exact) mass is 319 g/mol. The Morgan fingerprint density at radius 1 is 1.39 bits per heavy atom. The highest BCUT2D eigenvalue weighted by atomic mass is 16.5. The molecule has 23 heavy (non-hydrogen) atoms. The zero-order valence-electron chi connectivity index (χ0n) is 13.5. The molecular weight excluding hydrogens is 294 g/mol. The minimum atomic E-state index is 0.133. The number of carbonyl (C=O) groups is 1. The maximum absolute atomic E-state index is 11.8. The molecule has 2 aliphatic heterocycles. The highest BCUT2D eigenvalue weighted by Crippen LogP contribution is 2.46.